The lowest BCUT2D eigenvalue weighted by atomic mass is 10.0. The fourth-order valence-corrected chi connectivity index (χ4v) is 3.05. The first-order valence-corrected chi connectivity index (χ1v) is 7.27. The lowest BCUT2D eigenvalue weighted by molar-refractivity contribution is 0.414. The van der Waals surface area contributed by atoms with Crippen LogP contribution in [0.15, 0.2) is 65.7 Å². The molecular weight excluding hydrogens is 272 g/mol. The van der Waals surface area contributed by atoms with Gasteiger partial charge in [0.1, 0.15) is 11.6 Å². The van der Waals surface area contributed by atoms with E-state index < -0.39 is 0 Å². The van der Waals surface area contributed by atoms with E-state index in [0.29, 0.717) is 0 Å². The smallest absolute Gasteiger partial charge is 0.144 e. The van der Waals surface area contributed by atoms with Gasteiger partial charge in [0.05, 0.1) is 24.0 Å². The Balaban J connectivity index is 2.00. The monoisotopic (exact) mass is 288 g/mol. The summed E-state index contributed by atoms with van der Waals surface area (Å²) in [6, 6.07) is 20.6. The average molecular weight is 288 g/mol. The predicted molar refractivity (Wildman–Crippen MR) is 91.5 cm³/mol. The summed E-state index contributed by atoms with van der Waals surface area (Å²) < 4.78 is 5.50. The van der Waals surface area contributed by atoms with Crippen molar-refractivity contribution >= 4 is 28.0 Å². The molecule has 0 aromatic heterocycles. The number of methoxy groups -OCH3 is 1. The highest BCUT2D eigenvalue weighted by Gasteiger charge is 2.22. The molecular formula is C19H16N2O. The van der Waals surface area contributed by atoms with Crippen molar-refractivity contribution in [1.82, 2.24) is 0 Å². The first-order valence-electron chi connectivity index (χ1n) is 7.27. The molecule has 1 aliphatic rings. The highest BCUT2D eigenvalue weighted by atomic mass is 16.5. The fraction of sp³-hybridized carbons (Fsp3) is 0.105. The minimum atomic E-state index is 0.833. The zero-order valence-corrected chi connectivity index (χ0v) is 12.6. The van der Waals surface area contributed by atoms with E-state index in [4.69, 9.17) is 9.73 Å². The normalized spacial score (nSPS) is 13.2. The van der Waals surface area contributed by atoms with Gasteiger partial charge in [0.2, 0.25) is 0 Å². The van der Waals surface area contributed by atoms with Crippen LogP contribution in [-0.4, -0.2) is 20.0 Å². The van der Waals surface area contributed by atoms with E-state index in [0.717, 1.165) is 22.8 Å². The summed E-state index contributed by atoms with van der Waals surface area (Å²) >= 11 is 0. The molecule has 0 bridgehead atoms. The van der Waals surface area contributed by atoms with E-state index in [9.17, 15) is 0 Å². The Hall–Kier alpha value is -2.81. The molecule has 3 aromatic rings. The molecule has 0 fully saturated rings. The van der Waals surface area contributed by atoms with Gasteiger partial charge in [-0.05, 0) is 29.7 Å². The van der Waals surface area contributed by atoms with Gasteiger partial charge in [0.15, 0.2) is 0 Å². The topological polar surface area (TPSA) is 24.8 Å². The molecule has 0 unspecified atom stereocenters. The lowest BCUT2D eigenvalue weighted by Crippen LogP contribution is -2.29. The minimum absolute atomic E-state index is 0.833. The highest BCUT2D eigenvalue weighted by Crippen LogP contribution is 2.39. The van der Waals surface area contributed by atoms with Gasteiger partial charge in [-0.2, -0.15) is 0 Å². The maximum Gasteiger partial charge on any atom is 0.144 e. The van der Waals surface area contributed by atoms with E-state index in [-0.39, 0.29) is 0 Å². The van der Waals surface area contributed by atoms with Crippen molar-refractivity contribution in [3.8, 4) is 5.75 Å². The van der Waals surface area contributed by atoms with Gasteiger partial charge in [-0.25, -0.2) is 4.99 Å². The number of benzene rings is 3. The molecule has 1 heterocycles. The Morgan fingerprint density at radius 1 is 0.909 bits per heavy atom. The second kappa shape index (κ2) is 4.88. The van der Waals surface area contributed by atoms with Gasteiger partial charge in [0, 0.05) is 12.4 Å². The summed E-state index contributed by atoms with van der Waals surface area (Å²) in [6.45, 7) is 0. The molecule has 3 nitrogen and oxygen atoms in total. The van der Waals surface area contributed by atoms with Crippen molar-refractivity contribution in [1.29, 1.82) is 0 Å². The van der Waals surface area contributed by atoms with E-state index in [1.54, 1.807) is 7.11 Å². The molecule has 0 saturated heterocycles. The van der Waals surface area contributed by atoms with E-state index in [1.807, 2.05) is 24.3 Å². The van der Waals surface area contributed by atoms with Crippen LogP contribution in [0, 0.1) is 0 Å². The van der Waals surface area contributed by atoms with Crippen LogP contribution in [-0.2, 0) is 0 Å². The zero-order valence-electron chi connectivity index (χ0n) is 12.6. The molecule has 3 heteroatoms. The molecule has 22 heavy (non-hydrogen) atoms. The van der Waals surface area contributed by atoms with Crippen molar-refractivity contribution in [2.45, 2.75) is 0 Å². The molecule has 0 aliphatic carbocycles. The summed E-state index contributed by atoms with van der Waals surface area (Å²) in [7, 11) is 3.74. The number of para-hydroxylation sites is 1. The number of amidine groups is 1. The molecule has 0 saturated carbocycles. The molecule has 0 amide bonds. The first kappa shape index (κ1) is 12.9. The molecule has 4 rings (SSSR count). The van der Waals surface area contributed by atoms with E-state index in [1.165, 1.54) is 16.5 Å². The standard InChI is InChI=1S/C19H16N2O/c1-21-16-11-6-8-13-7-5-10-15(18(13)16)20-19(21)14-9-3-4-12-17(14)22-2/h3-12H,1-2H3. The fourth-order valence-electron chi connectivity index (χ4n) is 3.05. The van der Waals surface area contributed by atoms with Crippen molar-refractivity contribution in [3.63, 3.8) is 0 Å². The Morgan fingerprint density at radius 2 is 1.68 bits per heavy atom. The molecule has 0 N–H and O–H groups in total. The van der Waals surface area contributed by atoms with Crippen LogP contribution in [0.25, 0.3) is 10.8 Å². The van der Waals surface area contributed by atoms with E-state index >= 15 is 0 Å². The summed E-state index contributed by atoms with van der Waals surface area (Å²) in [4.78, 5) is 7.02. The van der Waals surface area contributed by atoms with Crippen molar-refractivity contribution in [3.05, 3.63) is 66.2 Å². The van der Waals surface area contributed by atoms with Crippen LogP contribution in [0.1, 0.15) is 5.56 Å². The lowest BCUT2D eigenvalue weighted by Gasteiger charge is -2.28. The van der Waals surface area contributed by atoms with Crippen LogP contribution in [0.5, 0.6) is 5.75 Å². The zero-order chi connectivity index (χ0) is 15.1. The number of anilines is 1. The third kappa shape index (κ3) is 1.79. The Labute approximate surface area is 129 Å². The number of nitrogens with zero attached hydrogens (tertiary/aromatic N) is 2. The molecule has 0 radical (unpaired) electrons. The highest BCUT2D eigenvalue weighted by molar-refractivity contribution is 6.20. The minimum Gasteiger partial charge on any atom is -0.496 e. The summed E-state index contributed by atoms with van der Waals surface area (Å²) in [5.41, 5.74) is 3.18. The quantitative estimate of drug-likeness (QED) is 0.699. The maximum atomic E-state index is 5.50. The van der Waals surface area contributed by atoms with Gasteiger partial charge in [-0.15, -0.1) is 0 Å². The van der Waals surface area contributed by atoms with Gasteiger partial charge in [-0.3, -0.25) is 0 Å². The predicted octanol–water partition coefficient (Wildman–Crippen LogP) is 4.38. The first-order chi connectivity index (χ1) is 10.8. The molecule has 108 valence electrons. The Morgan fingerprint density at radius 3 is 2.50 bits per heavy atom. The molecule has 3 aromatic carbocycles. The SMILES string of the molecule is COc1ccccc1C1=Nc2cccc3cccc(c23)N1C. The van der Waals surface area contributed by atoms with Crippen LogP contribution >= 0.6 is 0 Å². The summed E-state index contributed by atoms with van der Waals surface area (Å²) in [5, 5.41) is 2.41. The van der Waals surface area contributed by atoms with E-state index in [2.05, 4.69) is 48.3 Å². The van der Waals surface area contributed by atoms with Crippen molar-refractivity contribution in [2.24, 2.45) is 4.99 Å². The molecule has 0 spiro atoms. The summed E-state index contributed by atoms with van der Waals surface area (Å²) in [5.74, 6) is 1.74. The van der Waals surface area contributed by atoms with Gasteiger partial charge < -0.3 is 9.64 Å². The van der Waals surface area contributed by atoms with Crippen molar-refractivity contribution < 1.29 is 4.74 Å². The molecule has 0 atom stereocenters. The average Bonchev–Trinajstić information content (AvgIpc) is 2.58. The van der Waals surface area contributed by atoms with Crippen LogP contribution in [0.2, 0.25) is 0 Å². The second-order valence-electron chi connectivity index (χ2n) is 5.35. The van der Waals surface area contributed by atoms with Gasteiger partial charge in [-0.1, -0.05) is 36.4 Å². The number of rotatable bonds is 2. The van der Waals surface area contributed by atoms with Gasteiger partial charge >= 0.3 is 0 Å². The number of aliphatic imine (C=N–C) groups is 1. The van der Waals surface area contributed by atoms with Gasteiger partial charge in [0.25, 0.3) is 0 Å². The largest absolute Gasteiger partial charge is 0.496 e. The Bertz CT molecular complexity index is 894. The number of hydrogen-bond acceptors (Lipinski definition) is 3. The van der Waals surface area contributed by atoms with Crippen LogP contribution in [0.3, 0.4) is 0 Å². The van der Waals surface area contributed by atoms with Crippen molar-refractivity contribution in [2.75, 3.05) is 19.1 Å². The Kier molecular flexibility index (Phi) is 2.86. The number of ether oxygens (including phenoxy) is 1. The third-order valence-corrected chi connectivity index (χ3v) is 4.11. The van der Waals surface area contributed by atoms with Crippen LogP contribution < -0.4 is 9.64 Å². The summed E-state index contributed by atoms with van der Waals surface area (Å²) in [6.07, 6.45) is 0. The van der Waals surface area contributed by atoms with Crippen LogP contribution in [0.4, 0.5) is 11.4 Å². The second-order valence-corrected chi connectivity index (χ2v) is 5.35. The maximum absolute atomic E-state index is 5.50. The molecule has 1 aliphatic heterocycles. The number of hydrogen-bond donors (Lipinski definition) is 0. The third-order valence-electron chi connectivity index (χ3n) is 4.11.